The Labute approximate surface area is 154 Å². The molecule has 0 aromatic carbocycles. The first kappa shape index (κ1) is 17.3. The number of morpholine rings is 1. The fraction of sp³-hybridized carbons (Fsp3) is 0.947. The Morgan fingerprint density at radius 1 is 1.17 bits per heavy atom. The van der Waals surface area contributed by atoms with Crippen LogP contribution in [0.15, 0.2) is 0 Å². The molecule has 0 aromatic heterocycles. The van der Waals surface area contributed by atoms with Crippen LogP contribution in [-0.2, 0) is 9.53 Å². The van der Waals surface area contributed by atoms with Gasteiger partial charge in [0.2, 0.25) is 5.91 Å². The molecule has 1 saturated heterocycles. The molecule has 1 aliphatic heterocycles. The molecule has 24 heavy (non-hydrogen) atoms. The quantitative estimate of drug-likeness (QED) is 0.552. The maximum absolute atomic E-state index is 12.5. The third-order valence-corrected chi connectivity index (χ3v) is 7.65. The minimum absolute atomic E-state index is 0.287. The first-order valence-corrected chi connectivity index (χ1v) is 10.6. The standard InChI is InChI=1S/C19H31BrN2O2/c20-19-11-15-8-16(12-19)10-18(9-15,14-19)13-17(23)21-2-1-3-22-4-6-24-7-5-22/h15-16H,1-14H2,(H,21,23). The summed E-state index contributed by atoms with van der Waals surface area (Å²) in [4.78, 5) is 15.0. The van der Waals surface area contributed by atoms with Crippen molar-refractivity contribution >= 4 is 21.8 Å². The Balaban J connectivity index is 1.21. The number of nitrogens with zero attached hydrogens (tertiary/aromatic N) is 1. The zero-order valence-electron chi connectivity index (χ0n) is 14.7. The van der Waals surface area contributed by atoms with Gasteiger partial charge < -0.3 is 10.1 Å². The van der Waals surface area contributed by atoms with E-state index in [9.17, 15) is 4.79 Å². The van der Waals surface area contributed by atoms with E-state index in [0.717, 1.165) is 64.1 Å². The van der Waals surface area contributed by atoms with Crippen LogP contribution in [0, 0.1) is 17.3 Å². The van der Waals surface area contributed by atoms with E-state index in [1.807, 2.05) is 0 Å². The maximum atomic E-state index is 12.5. The zero-order chi connectivity index (χ0) is 16.6. The molecule has 4 nitrogen and oxygen atoms in total. The fourth-order valence-electron chi connectivity index (χ4n) is 6.30. The molecule has 0 spiro atoms. The number of halogens is 1. The van der Waals surface area contributed by atoms with Gasteiger partial charge in [-0.1, -0.05) is 15.9 Å². The summed E-state index contributed by atoms with van der Waals surface area (Å²) < 4.78 is 5.73. The van der Waals surface area contributed by atoms with Crippen LogP contribution in [0.4, 0.5) is 0 Å². The molecule has 1 heterocycles. The Kier molecular flexibility index (Phi) is 4.96. The number of hydrogen-bond acceptors (Lipinski definition) is 3. The van der Waals surface area contributed by atoms with Gasteiger partial charge in [-0.05, 0) is 68.7 Å². The van der Waals surface area contributed by atoms with Gasteiger partial charge in [0.1, 0.15) is 0 Å². The first-order valence-electron chi connectivity index (χ1n) is 9.80. The minimum Gasteiger partial charge on any atom is -0.379 e. The minimum atomic E-state index is 0.287. The summed E-state index contributed by atoms with van der Waals surface area (Å²) in [7, 11) is 0. The van der Waals surface area contributed by atoms with E-state index in [4.69, 9.17) is 4.74 Å². The predicted molar refractivity (Wildman–Crippen MR) is 98.3 cm³/mol. The summed E-state index contributed by atoms with van der Waals surface area (Å²) in [6, 6.07) is 0. The summed E-state index contributed by atoms with van der Waals surface area (Å²) in [6.45, 7) is 5.67. The lowest BCUT2D eigenvalue weighted by molar-refractivity contribution is -0.128. The molecule has 5 fully saturated rings. The lowest BCUT2D eigenvalue weighted by Crippen LogP contribution is -2.54. The van der Waals surface area contributed by atoms with Crippen molar-refractivity contribution in [3.05, 3.63) is 0 Å². The van der Waals surface area contributed by atoms with Crippen molar-refractivity contribution in [1.29, 1.82) is 0 Å². The van der Waals surface area contributed by atoms with Gasteiger partial charge in [-0.3, -0.25) is 9.69 Å². The number of ether oxygens (including phenoxy) is 1. The van der Waals surface area contributed by atoms with Crippen LogP contribution < -0.4 is 5.32 Å². The fourth-order valence-corrected chi connectivity index (χ4v) is 7.81. The average Bonchev–Trinajstić information content (AvgIpc) is 2.49. The molecule has 2 atom stereocenters. The van der Waals surface area contributed by atoms with E-state index < -0.39 is 0 Å². The van der Waals surface area contributed by atoms with E-state index in [0.29, 0.717) is 9.74 Å². The van der Waals surface area contributed by atoms with E-state index in [-0.39, 0.29) is 5.91 Å². The molecular weight excluding hydrogens is 368 g/mol. The van der Waals surface area contributed by atoms with Gasteiger partial charge in [0, 0.05) is 30.4 Å². The molecule has 5 rings (SSSR count). The highest BCUT2D eigenvalue weighted by atomic mass is 79.9. The molecule has 5 aliphatic rings. The maximum Gasteiger partial charge on any atom is 0.220 e. The van der Waals surface area contributed by atoms with Gasteiger partial charge in [-0.25, -0.2) is 0 Å². The second-order valence-corrected chi connectivity index (χ2v) is 10.6. The van der Waals surface area contributed by atoms with Gasteiger partial charge in [0.15, 0.2) is 0 Å². The second-order valence-electron chi connectivity index (χ2n) is 8.95. The molecule has 2 unspecified atom stereocenters. The molecule has 4 bridgehead atoms. The Bertz CT molecular complexity index is 464. The normalized spacial score (nSPS) is 41.5. The van der Waals surface area contributed by atoms with E-state index in [1.165, 1.54) is 38.5 Å². The van der Waals surface area contributed by atoms with Crippen LogP contribution in [-0.4, -0.2) is 54.5 Å². The largest absolute Gasteiger partial charge is 0.379 e. The van der Waals surface area contributed by atoms with Crippen molar-refractivity contribution in [2.45, 2.75) is 55.7 Å². The van der Waals surface area contributed by atoms with Crippen LogP contribution in [0.5, 0.6) is 0 Å². The van der Waals surface area contributed by atoms with Crippen molar-refractivity contribution in [3.8, 4) is 0 Å². The van der Waals surface area contributed by atoms with E-state index in [1.54, 1.807) is 0 Å². The van der Waals surface area contributed by atoms with Gasteiger partial charge in [-0.2, -0.15) is 0 Å². The van der Waals surface area contributed by atoms with Crippen LogP contribution in [0.25, 0.3) is 0 Å². The van der Waals surface area contributed by atoms with Gasteiger partial charge in [0.05, 0.1) is 13.2 Å². The summed E-state index contributed by atoms with van der Waals surface area (Å²) in [6.07, 6.45) is 9.69. The Hall–Kier alpha value is -0.130. The Morgan fingerprint density at radius 3 is 2.54 bits per heavy atom. The average molecular weight is 399 g/mol. The van der Waals surface area contributed by atoms with Crippen molar-refractivity contribution in [3.63, 3.8) is 0 Å². The lowest BCUT2D eigenvalue weighted by atomic mass is 9.48. The van der Waals surface area contributed by atoms with Gasteiger partial charge in [0.25, 0.3) is 0 Å². The summed E-state index contributed by atoms with van der Waals surface area (Å²) in [5.74, 6) is 2.01. The topological polar surface area (TPSA) is 41.6 Å². The Morgan fingerprint density at radius 2 is 1.88 bits per heavy atom. The van der Waals surface area contributed by atoms with Crippen LogP contribution in [0.2, 0.25) is 0 Å². The third kappa shape index (κ3) is 3.83. The number of hydrogen-bond donors (Lipinski definition) is 1. The number of carbonyl (C=O) groups is 1. The molecule has 0 radical (unpaired) electrons. The monoisotopic (exact) mass is 398 g/mol. The van der Waals surface area contributed by atoms with Gasteiger partial charge in [-0.15, -0.1) is 0 Å². The molecule has 4 aliphatic carbocycles. The number of alkyl halides is 1. The van der Waals surface area contributed by atoms with Crippen molar-refractivity contribution in [1.82, 2.24) is 10.2 Å². The van der Waals surface area contributed by atoms with Crippen LogP contribution >= 0.6 is 15.9 Å². The van der Waals surface area contributed by atoms with Crippen molar-refractivity contribution < 1.29 is 9.53 Å². The number of carbonyl (C=O) groups excluding carboxylic acids is 1. The van der Waals surface area contributed by atoms with Crippen molar-refractivity contribution in [2.24, 2.45) is 17.3 Å². The SMILES string of the molecule is O=C(CC12CC3CC(CC(Br)(C3)C1)C2)NCCCN1CCOCC1. The lowest BCUT2D eigenvalue weighted by Gasteiger charge is -2.60. The summed E-state index contributed by atoms with van der Waals surface area (Å²) in [5, 5.41) is 3.20. The van der Waals surface area contributed by atoms with Gasteiger partial charge >= 0.3 is 0 Å². The number of nitrogens with one attached hydrogen (secondary N) is 1. The van der Waals surface area contributed by atoms with Crippen LogP contribution in [0.3, 0.4) is 0 Å². The van der Waals surface area contributed by atoms with Crippen molar-refractivity contribution in [2.75, 3.05) is 39.4 Å². The molecule has 0 aromatic rings. The highest BCUT2D eigenvalue weighted by molar-refractivity contribution is 9.10. The molecular formula is C19H31BrN2O2. The molecule has 4 saturated carbocycles. The zero-order valence-corrected chi connectivity index (χ0v) is 16.3. The highest BCUT2D eigenvalue weighted by Gasteiger charge is 2.57. The summed E-state index contributed by atoms with van der Waals surface area (Å²) >= 11 is 4.04. The predicted octanol–water partition coefficient (Wildman–Crippen LogP) is 2.95. The number of rotatable bonds is 6. The van der Waals surface area contributed by atoms with E-state index >= 15 is 0 Å². The smallest absolute Gasteiger partial charge is 0.220 e. The first-order chi connectivity index (χ1) is 11.5. The highest BCUT2D eigenvalue weighted by Crippen LogP contribution is 2.65. The summed E-state index contributed by atoms with van der Waals surface area (Å²) in [5.41, 5.74) is 0.294. The number of amides is 1. The van der Waals surface area contributed by atoms with Crippen LogP contribution in [0.1, 0.15) is 51.4 Å². The second kappa shape index (κ2) is 6.88. The molecule has 1 amide bonds. The molecule has 5 heteroatoms. The molecule has 1 N–H and O–H groups in total. The van der Waals surface area contributed by atoms with E-state index in [2.05, 4.69) is 26.1 Å². The third-order valence-electron chi connectivity index (χ3n) is 6.72. The molecule has 136 valence electrons.